The second kappa shape index (κ2) is 21.8. The molecule has 0 unspecified atom stereocenters. The van der Waals surface area contributed by atoms with E-state index in [1.807, 2.05) is 34.8 Å². The van der Waals surface area contributed by atoms with Gasteiger partial charge in [-0.25, -0.2) is 9.97 Å². The van der Waals surface area contributed by atoms with Gasteiger partial charge in [0.05, 0.1) is 54.5 Å². The molecule has 0 aliphatic carbocycles. The van der Waals surface area contributed by atoms with Crippen LogP contribution in [0.3, 0.4) is 0 Å². The van der Waals surface area contributed by atoms with Gasteiger partial charge in [-0.15, -0.1) is 22.7 Å². The maximum atomic E-state index is 9.76. The summed E-state index contributed by atoms with van der Waals surface area (Å²) in [6.45, 7) is 0. The highest BCUT2D eigenvalue weighted by molar-refractivity contribution is 7.27. The summed E-state index contributed by atoms with van der Waals surface area (Å²) >= 11 is 3.64. The highest BCUT2D eigenvalue weighted by Crippen LogP contribution is 2.48. The molecule has 104 heavy (non-hydrogen) atoms. The Morgan fingerprint density at radius 3 is 1.27 bits per heavy atom. The van der Waals surface area contributed by atoms with Crippen LogP contribution in [-0.2, 0) is 0 Å². The van der Waals surface area contributed by atoms with Crippen LogP contribution in [0.4, 0.5) is 0 Å². The van der Waals surface area contributed by atoms with Gasteiger partial charge in [-0.05, 0) is 245 Å². The molecule has 17 aromatic carbocycles. The monoisotopic (exact) mass is 1350 g/mol. The number of nitrogens with zero attached hydrogens (tertiary/aromatic N) is 5. The molecule has 6 aromatic heterocycles. The molecule has 0 amide bonds. The number of thiophene rings is 2. The highest BCUT2D eigenvalue weighted by atomic mass is 32.1. The molecule has 23 aromatic rings. The first-order valence-corrected chi connectivity index (χ1v) is 36.9. The van der Waals surface area contributed by atoms with Crippen molar-refractivity contribution in [3.63, 3.8) is 0 Å². The van der Waals surface area contributed by atoms with E-state index in [2.05, 4.69) is 324 Å². The van der Waals surface area contributed by atoms with Gasteiger partial charge in [-0.1, -0.05) is 218 Å². The first-order valence-electron chi connectivity index (χ1n) is 35.3. The fourth-order valence-corrected chi connectivity index (χ4v) is 19.6. The third-order valence-electron chi connectivity index (χ3n) is 22.2. The van der Waals surface area contributed by atoms with Crippen molar-refractivity contribution in [2.75, 3.05) is 0 Å². The summed E-state index contributed by atoms with van der Waals surface area (Å²) in [4.78, 5) is 11.2. The molecule has 0 N–H and O–H groups in total. The first-order chi connectivity index (χ1) is 51.4. The zero-order chi connectivity index (χ0) is 68.0. The molecule has 23 rings (SSSR count). The summed E-state index contributed by atoms with van der Waals surface area (Å²) in [6.07, 6.45) is 0. The Hall–Kier alpha value is -13.4. The van der Waals surface area contributed by atoms with E-state index in [1.54, 1.807) is 0 Å². The molecule has 6 heterocycles. The first kappa shape index (κ1) is 57.4. The van der Waals surface area contributed by atoms with Crippen molar-refractivity contribution in [1.82, 2.24) is 18.8 Å². The van der Waals surface area contributed by atoms with E-state index >= 15 is 0 Å². The molecule has 0 aliphatic rings. The van der Waals surface area contributed by atoms with Gasteiger partial charge in [0.15, 0.2) is 11.3 Å². The van der Waals surface area contributed by atoms with Gasteiger partial charge >= 0.3 is 0 Å². The van der Waals surface area contributed by atoms with Crippen LogP contribution in [0.15, 0.2) is 322 Å². The lowest BCUT2D eigenvalue weighted by atomic mass is 9.86. The van der Waals surface area contributed by atoms with Gasteiger partial charge in [-0.3, -0.25) is 8.80 Å². The van der Waals surface area contributed by atoms with E-state index in [4.69, 9.17) is 9.97 Å². The maximum absolute atomic E-state index is 9.76. The minimum atomic E-state index is 0.641. The third kappa shape index (κ3) is 8.52. The van der Waals surface area contributed by atoms with Crippen molar-refractivity contribution in [2.24, 2.45) is 0 Å². The van der Waals surface area contributed by atoms with Gasteiger partial charge < -0.3 is 0 Å². The van der Waals surface area contributed by atoms with Gasteiger partial charge in [-0.2, -0.15) is 5.26 Å². The fraction of sp³-hybridized carbons (Fsp3) is 0. The summed E-state index contributed by atoms with van der Waals surface area (Å²) in [6, 6.07) is 121. The van der Waals surface area contributed by atoms with Crippen LogP contribution in [0.5, 0.6) is 0 Å². The number of imidazole rings is 2. The summed E-state index contributed by atoms with van der Waals surface area (Å²) in [5.74, 6) is 0. The standard InChI is InChI=1S/C97H53N5S2/c98-54-55-25-27-57(28-26-55)70-39-40-77(72-16-4-3-15-71(70)72)78-38-36-64(89-53-85-81-22-10-12-24-93(81)104-95(85)97-100-86-48-66-41-59-13-1-2-14-60(59)42-68(66)50-91(86)102(89)97)47-82(78)63-34-33-61-43-69-51-90-87(49-67(69)45-65(61)44-63)99-96-94-84(80-21-9-11-23-92(80)103-94)52-88(101(90)96)58-31-29-56(30-32-58)62-35-37-79-75-19-6-5-17-73(75)74-18-7-8-20-76(74)83(79)46-62/h1-53H. The minimum Gasteiger partial charge on any atom is -0.291 e. The smallest absolute Gasteiger partial charge is 0.156 e. The molecule has 7 heteroatoms. The second-order valence-corrected chi connectivity index (χ2v) is 30.0. The van der Waals surface area contributed by atoms with Gasteiger partial charge in [0.25, 0.3) is 0 Å². The Balaban J connectivity index is 0.707. The lowest BCUT2D eigenvalue weighted by molar-refractivity contribution is 1.25. The van der Waals surface area contributed by atoms with E-state index in [1.165, 1.54) is 105 Å². The van der Waals surface area contributed by atoms with E-state index in [9.17, 15) is 5.26 Å². The lowest BCUT2D eigenvalue weighted by Gasteiger charge is -2.18. The van der Waals surface area contributed by atoms with Gasteiger partial charge in [0.2, 0.25) is 0 Å². The summed E-state index contributed by atoms with van der Waals surface area (Å²) in [7, 11) is 0. The molecular weight excluding hydrogens is 1300 g/mol. The summed E-state index contributed by atoms with van der Waals surface area (Å²) in [5.41, 5.74) is 20.1. The van der Waals surface area contributed by atoms with Crippen molar-refractivity contribution >= 4 is 183 Å². The summed E-state index contributed by atoms with van der Waals surface area (Å²) in [5, 5.41) is 34.0. The molecule has 0 atom stereocenters. The van der Waals surface area contributed by atoms with Crippen molar-refractivity contribution in [1.29, 1.82) is 5.26 Å². The second-order valence-electron chi connectivity index (χ2n) is 27.9. The zero-order valence-corrected chi connectivity index (χ0v) is 57.3. The van der Waals surface area contributed by atoms with Crippen LogP contribution in [0.1, 0.15) is 5.56 Å². The summed E-state index contributed by atoms with van der Waals surface area (Å²) < 4.78 is 9.69. The predicted octanol–water partition coefficient (Wildman–Crippen LogP) is 27.1. The number of hydrogen-bond donors (Lipinski definition) is 0. The van der Waals surface area contributed by atoms with Crippen LogP contribution in [0, 0.1) is 11.3 Å². The molecule has 0 saturated heterocycles. The highest BCUT2D eigenvalue weighted by Gasteiger charge is 2.24. The Morgan fingerprint density at radius 1 is 0.250 bits per heavy atom. The van der Waals surface area contributed by atoms with Crippen molar-refractivity contribution in [3.05, 3.63) is 327 Å². The van der Waals surface area contributed by atoms with Crippen molar-refractivity contribution in [3.8, 4) is 73.1 Å². The number of pyridine rings is 2. The Labute approximate surface area is 602 Å². The topological polar surface area (TPSA) is 58.4 Å². The number of hydrogen-bond acceptors (Lipinski definition) is 5. The van der Waals surface area contributed by atoms with E-state index in [0.717, 1.165) is 122 Å². The van der Waals surface area contributed by atoms with E-state index in [0.29, 0.717) is 5.56 Å². The number of aromatic nitrogens is 4. The van der Waals surface area contributed by atoms with Gasteiger partial charge in [0.1, 0.15) is 0 Å². The molecule has 478 valence electrons. The molecule has 0 spiro atoms. The SMILES string of the molecule is N#Cc1ccc(-c2ccc(-c3ccc(-c4cc5c6ccccc6sc5c5nc6cc7cc8ccccc8cc7cc6n45)cc3-c3ccc4cc5cc6c(cc5cc4c3)nc3c4sc5ccccc5c4cc(-c4ccc(-c5ccc7c8ccccc8c8ccccc8c7c5)cc4)n63)c3ccccc23)cc1. The molecule has 0 fully saturated rings. The number of nitriles is 1. The van der Waals surface area contributed by atoms with E-state index in [-0.39, 0.29) is 0 Å². The largest absolute Gasteiger partial charge is 0.291 e. The normalized spacial score (nSPS) is 12.2. The van der Waals surface area contributed by atoms with Crippen LogP contribution < -0.4 is 0 Å². The fourth-order valence-electron chi connectivity index (χ4n) is 17.2. The lowest BCUT2D eigenvalue weighted by Crippen LogP contribution is -1.95. The van der Waals surface area contributed by atoms with Gasteiger partial charge in [0, 0.05) is 30.9 Å². The minimum absolute atomic E-state index is 0.641. The van der Waals surface area contributed by atoms with Crippen LogP contribution >= 0.6 is 22.7 Å². The average molecular weight is 1350 g/mol. The number of rotatable bonds is 6. The maximum Gasteiger partial charge on any atom is 0.156 e. The van der Waals surface area contributed by atoms with E-state index < -0.39 is 0 Å². The van der Waals surface area contributed by atoms with Crippen molar-refractivity contribution in [2.45, 2.75) is 0 Å². The Bertz CT molecular complexity index is 7760. The Kier molecular flexibility index (Phi) is 12.1. The molecule has 0 radical (unpaired) electrons. The molecule has 5 nitrogen and oxygen atoms in total. The van der Waals surface area contributed by atoms with Crippen molar-refractivity contribution < 1.29 is 0 Å². The van der Waals surface area contributed by atoms with Crippen LogP contribution in [0.2, 0.25) is 0 Å². The van der Waals surface area contributed by atoms with Crippen LogP contribution in [-0.4, -0.2) is 18.8 Å². The predicted molar refractivity (Wildman–Crippen MR) is 442 cm³/mol. The molecule has 0 bridgehead atoms. The molecule has 0 aliphatic heterocycles. The van der Waals surface area contributed by atoms with Crippen LogP contribution in [0.25, 0.3) is 227 Å². The number of benzene rings is 17. The molecular formula is C97H53N5S2. The quantitative estimate of drug-likeness (QED) is 0.123. The third-order valence-corrected chi connectivity index (χ3v) is 24.6. The number of fused-ring (bicyclic) bond motifs is 25. The Morgan fingerprint density at radius 2 is 0.673 bits per heavy atom. The molecule has 0 saturated carbocycles. The zero-order valence-electron chi connectivity index (χ0n) is 55.7. The average Bonchev–Trinajstić information content (AvgIpc) is 1.55.